The van der Waals surface area contributed by atoms with Gasteiger partial charge in [0.25, 0.3) is 0 Å². The lowest BCUT2D eigenvalue weighted by Crippen LogP contribution is -2.05. The highest BCUT2D eigenvalue weighted by atomic mass is 79.9. The van der Waals surface area contributed by atoms with E-state index in [1.165, 1.54) is 0 Å². The maximum absolute atomic E-state index is 10.7. The maximum atomic E-state index is 10.7. The highest BCUT2D eigenvalue weighted by Crippen LogP contribution is 2.35. The van der Waals surface area contributed by atoms with E-state index >= 15 is 0 Å². The number of rotatable bonds is 9. The topological polar surface area (TPSA) is 55.8 Å². The van der Waals surface area contributed by atoms with Crippen molar-refractivity contribution in [3.63, 3.8) is 0 Å². The number of methoxy groups -OCH3 is 1. The van der Waals surface area contributed by atoms with Crippen LogP contribution in [0.5, 0.6) is 11.5 Å². The predicted octanol–water partition coefficient (Wildman–Crippen LogP) is 4.04. The first-order valence-electron chi connectivity index (χ1n) is 6.79. The normalized spacial score (nSPS) is 10.3. The third-order valence-electron chi connectivity index (χ3n) is 2.92. The van der Waals surface area contributed by atoms with E-state index in [1.807, 2.05) is 12.1 Å². The number of carbonyl (C=O) groups is 1. The number of hydrogen-bond acceptors (Lipinski definition) is 3. The van der Waals surface area contributed by atoms with Gasteiger partial charge in [-0.15, -0.1) is 0 Å². The van der Waals surface area contributed by atoms with Crippen molar-refractivity contribution in [3.8, 4) is 11.5 Å². The summed E-state index contributed by atoms with van der Waals surface area (Å²) in [6, 6.07) is 3.72. The lowest BCUT2D eigenvalue weighted by atomic mass is 10.1. The summed E-state index contributed by atoms with van der Waals surface area (Å²) in [7, 11) is 1.58. The Bertz CT molecular complexity index is 446. The molecule has 1 aromatic rings. The summed E-state index contributed by atoms with van der Waals surface area (Å²) in [4.78, 5) is 10.7. The second kappa shape index (κ2) is 8.84. The average molecular weight is 345 g/mol. The van der Waals surface area contributed by atoms with Crippen LogP contribution in [0.15, 0.2) is 16.6 Å². The van der Waals surface area contributed by atoms with E-state index in [-0.39, 0.29) is 6.42 Å². The molecule has 5 heteroatoms. The molecule has 20 heavy (non-hydrogen) atoms. The molecule has 0 saturated carbocycles. The van der Waals surface area contributed by atoms with Crippen LogP contribution < -0.4 is 9.47 Å². The number of benzene rings is 1. The summed E-state index contributed by atoms with van der Waals surface area (Å²) in [5.41, 5.74) is 0.857. The van der Waals surface area contributed by atoms with Crippen molar-refractivity contribution in [2.75, 3.05) is 13.7 Å². The average Bonchev–Trinajstić information content (AvgIpc) is 2.42. The molecule has 0 radical (unpaired) electrons. The first-order chi connectivity index (χ1) is 9.58. The minimum atomic E-state index is -0.819. The van der Waals surface area contributed by atoms with Gasteiger partial charge < -0.3 is 14.6 Å². The van der Waals surface area contributed by atoms with Crippen molar-refractivity contribution in [3.05, 3.63) is 22.2 Å². The van der Waals surface area contributed by atoms with Gasteiger partial charge in [0.1, 0.15) is 0 Å². The van der Waals surface area contributed by atoms with E-state index in [9.17, 15) is 4.79 Å². The van der Waals surface area contributed by atoms with Crippen LogP contribution in [0.4, 0.5) is 0 Å². The molecule has 0 heterocycles. The SMILES string of the molecule is CCCCCOc1c(CCC(=O)O)cc(Br)cc1OC. The molecule has 0 aliphatic heterocycles. The molecule has 0 aliphatic rings. The van der Waals surface area contributed by atoms with Crippen molar-refractivity contribution in [1.82, 2.24) is 0 Å². The first kappa shape index (κ1) is 16.8. The van der Waals surface area contributed by atoms with Crippen LogP contribution in [0.25, 0.3) is 0 Å². The highest BCUT2D eigenvalue weighted by Gasteiger charge is 2.13. The van der Waals surface area contributed by atoms with Crippen LogP contribution in [0, 0.1) is 0 Å². The zero-order valence-electron chi connectivity index (χ0n) is 11.9. The van der Waals surface area contributed by atoms with E-state index < -0.39 is 5.97 Å². The van der Waals surface area contributed by atoms with E-state index in [0.29, 0.717) is 24.5 Å². The van der Waals surface area contributed by atoms with Crippen molar-refractivity contribution in [2.45, 2.75) is 39.0 Å². The van der Waals surface area contributed by atoms with Crippen LogP contribution >= 0.6 is 15.9 Å². The first-order valence-corrected chi connectivity index (χ1v) is 7.58. The van der Waals surface area contributed by atoms with Gasteiger partial charge in [-0.1, -0.05) is 35.7 Å². The molecule has 0 amide bonds. The molecular weight excluding hydrogens is 324 g/mol. The Morgan fingerprint density at radius 1 is 1.35 bits per heavy atom. The van der Waals surface area contributed by atoms with E-state index in [0.717, 1.165) is 29.3 Å². The summed E-state index contributed by atoms with van der Waals surface area (Å²) in [5.74, 6) is 0.477. The summed E-state index contributed by atoms with van der Waals surface area (Å²) in [6.45, 7) is 2.75. The number of halogens is 1. The Morgan fingerprint density at radius 2 is 2.10 bits per heavy atom. The fourth-order valence-corrected chi connectivity index (χ4v) is 2.38. The second-order valence-electron chi connectivity index (χ2n) is 4.55. The molecule has 0 aliphatic carbocycles. The van der Waals surface area contributed by atoms with Gasteiger partial charge >= 0.3 is 5.97 Å². The standard InChI is InChI=1S/C15H21BrO4/c1-3-4-5-8-20-15-11(6-7-14(17)18)9-12(16)10-13(15)19-2/h9-10H,3-8H2,1-2H3,(H,17,18). The molecule has 112 valence electrons. The van der Waals surface area contributed by atoms with Crippen LogP contribution in [-0.2, 0) is 11.2 Å². The van der Waals surface area contributed by atoms with Gasteiger partial charge in [-0.05, 0) is 30.5 Å². The molecule has 0 spiro atoms. The third kappa shape index (κ3) is 5.41. The lowest BCUT2D eigenvalue weighted by Gasteiger charge is -2.15. The van der Waals surface area contributed by atoms with Gasteiger partial charge in [0, 0.05) is 10.9 Å². The second-order valence-corrected chi connectivity index (χ2v) is 5.46. The number of unbranched alkanes of at least 4 members (excludes halogenated alkanes) is 2. The molecule has 0 saturated heterocycles. The van der Waals surface area contributed by atoms with Crippen molar-refractivity contribution < 1.29 is 19.4 Å². The smallest absolute Gasteiger partial charge is 0.303 e. The molecule has 0 atom stereocenters. The molecule has 0 bridgehead atoms. The summed E-state index contributed by atoms with van der Waals surface area (Å²) >= 11 is 3.41. The van der Waals surface area contributed by atoms with E-state index in [4.69, 9.17) is 14.6 Å². The van der Waals surface area contributed by atoms with Gasteiger partial charge in [0.05, 0.1) is 13.7 Å². The molecular formula is C15H21BrO4. The van der Waals surface area contributed by atoms with Gasteiger partial charge in [-0.25, -0.2) is 0 Å². The number of aliphatic carboxylic acids is 1. The van der Waals surface area contributed by atoms with Gasteiger partial charge in [0.2, 0.25) is 0 Å². The predicted molar refractivity (Wildman–Crippen MR) is 81.7 cm³/mol. The van der Waals surface area contributed by atoms with Gasteiger partial charge in [-0.2, -0.15) is 0 Å². The van der Waals surface area contributed by atoms with E-state index in [2.05, 4.69) is 22.9 Å². The lowest BCUT2D eigenvalue weighted by molar-refractivity contribution is -0.136. The quantitative estimate of drug-likeness (QED) is 0.686. The summed E-state index contributed by atoms with van der Waals surface area (Å²) < 4.78 is 12.0. The van der Waals surface area contributed by atoms with Gasteiger partial charge in [-0.3, -0.25) is 4.79 Å². The van der Waals surface area contributed by atoms with Crippen LogP contribution in [0.2, 0.25) is 0 Å². The Balaban J connectivity index is 2.87. The van der Waals surface area contributed by atoms with Crippen LogP contribution in [0.3, 0.4) is 0 Å². The number of aryl methyl sites for hydroxylation is 1. The van der Waals surface area contributed by atoms with Crippen LogP contribution in [-0.4, -0.2) is 24.8 Å². The Kier molecular flexibility index (Phi) is 7.44. The molecule has 0 unspecified atom stereocenters. The minimum Gasteiger partial charge on any atom is -0.493 e. The Morgan fingerprint density at radius 3 is 2.70 bits per heavy atom. The van der Waals surface area contributed by atoms with Crippen LogP contribution in [0.1, 0.15) is 38.2 Å². The summed E-state index contributed by atoms with van der Waals surface area (Å²) in [5, 5.41) is 8.82. The maximum Gasteiger partial charge on any atom is 0.303 e. The Hall–Kier alpha value is -1.23. The number of carboxylic acids is 1. The number of carboxylic acid groups (broad SMARTS) is 1. The molecule has 1 rings (SSSR count). The Labute approximate surface area is 128 Å². The molecule has 1 aromatic carbocycles. The monoisotopic (exact) mass is 344 g/mol. The number of ether oxygens (including phenoxy) is 2. The fraction of sp³-hybridized carbons (Fsp3) is 0.533. The van der Waals surface area contributed by atoms with E-state index in [1.54, 1.807) is 7.11 Å². The third-order valence-corrected chi connectivity index (χ3v) is 3.38. The molecule has 0 aromatic heterocycles. The van der Waals surface area contributed by atoms with Gasteiger partial charge in [0.15, 0.2) is 11.5 Å². The van der Waals surface area contributed by atoms with Crippen molar-refractivity contribution >= 4 is 21.9 Å². The zero-order valence-corrected chi connectivity index (χ0v) is 13.5. The summed E-state index contributed by atoms with van der Waals surface area (Å²) in [6.07, 6.45) is 3.73. The highest BCUT2D eigenvalue weighted by molar-refractivity contribution is 9.10. The molecule has 1 N–H and O–H groups in total. The van der Waals surface area contributed by atoms with Crippen molar-refractivity contribution in [1.29, 1.82) is 0 Å². The minimum absolute atomic E-state index is 0.0743. The fourth-order valence-electron chi connectivity index (χ4n) is 1.89. The molecule has 0 fully saturated rings. The van der Waals surface area contributed by atoms with Crippen molar-refractivity contribution in [2.24, 2.45) is 0 Å². The zero-order chi connectivity index (χ0) is 15.0. The number of hydrogen-bond donors (Lipinski definition) is 1. The molecule has 4 nitrogen and oxygen atoms in total. The largest absolute Gasteiger partial charge is 0.493 e.